The maximum atomic E-state index is 10.1. The highest BCUT2D eigenvalue weighted by Gasteiger charge is 2.03. The van der Waals surface area contributed by atoms with Gasteiger partial charge in [-0.05, 0) is 12.8 Å². The molecule has 0 aromatic rings. The van der Waals surface area contributed by atoms with Gasteiger partial charge in [-0.3, -0.25) is 9.11 Å². The highest BCUT2D eigenvalue weighted by molar-refractivity contribution is 7.84. The molecule has 0 amide bonds. The van der Waals surface area contributed by atoms with Gasteiger partial charge >= 0.3 is 20.6 Å². The predicted molar refractivity (Wildman–Crippen MR) is 48.3 cm³/mol. The Bertz CT molecular complexity index is 310. The third-order valence-electron chi connectivity index (χ3n) is 1.17. The fraction of sp³-hybridized carbons (Fsp3) is 1.00. The summed E-state index contributed by atoms with van der Waals surface area (Å²) in [6.45, 7) is 0.0119. The summed E-state index contributed by atoms with van der Waals surface area (Å²) >= 11 is 0. The maximum Gasteiger partial charge on any atom is 0.333 e. The molecule has 4 N–H and O–H groups in total. The Morgan fingerprint density at radius 1 is 0.786 bits per heavy atom. The lowest BCUT2D eigenvalue weighted by atomic mass is 10.3. The average Bonchev–Trinajstić information content (AvgIpc) is 1.92. The minimum atomic E-state index is -4.18. The van der Waals surface area contributed by atoms with Gasteiger partial charge in [-0.25, -0.2) is 0 Å². The van der Waals surface area contributed by atoms with E-state index in [1.54, 1.807) is 0 Å². The number of hydrogen-bond donors (Lipinski definition) is 4. The fourth-order valence-corrected chi connectivity index (χ4v) is 1.46. The molecule has 0 spiro atoms. The number of rotatable bonds is 7. The lowest BCUT2D eigenvalue weighted by Crippen LogP contribution is -2.26. The van der Waals surface area contributed by atoms with Gasteiger partial charge in [0, 0.05) is 13.1 Å². The first-order valence-electron chi connectivity index (χ1n) is 3.65. The molecule has 0 aliphatic rings. The van der Waals surface area contributed by atoms with Gasteiger partial charge in [0.15, 0.2) is 0 Å². The molecular weight excluding hydrogens is 236 g/mol. The van der Waals surface area contributed by atoms with Crippen LogP contribution in [0, 0.1) is 0 Å². The summed E-state index contributed by atoms with van der Waals surface area (Å²) in [5, 5.41) is 0. The van der Waals surface area contributed by atoms with E-state index >= 15 is 0 Å². The molecule has 0 saturated heterocycles. The summed E-state index contributed by atoms with van der Waals surface area (Å²) in [7, 11) is -8.36. The Morgan fingerprint density at radius 3 is 1.29 bits per heavy atom. The molecule has 8 nitrogen and oxygen atoms in total. The quantitative estimate of drug-likeness (QED) is 0.322. The summed E-state index contributed by atoms with van der Waals surface area (Å²) in [6.07, 6.45) is 0.671. The number of unbranched alkanes of at least 4 members (excludes halogenated alkanes) is 1. The van der Waals surface area contributed by atoms with Gasteiger partial charge in [-0.15, -0.1) is 0 Å². The van der Waals surface area contributed by atoms with Crippen LogP contribution in [0.1, 0.15) is 12.8 Å². The highest BCUT2D eigenvalue weighted by Crippen LogP contribution is 1.87. The Morgan fingerprint density at radius 2 is 1.07 bits per heavy atom. The minimum absolute atomic E-state index is 0.00594. The van der Waals surface area contributed by atoms with Crippen molar-refractivity contribution in [3.05, 3.63) is 0 Å². The van der Waals surface area contributed by atoms with E-state index in [2.05, 4.69) is 0 Å². The molecule has 0 aromatic heterocycles. The predicted octanol–water partition coefficient (Wildman–Crippen LogP) is -1.45. The summed E-state index contributed by atoms with van der Waals surface area (Å²) in [4.78, 5) is 0. The Hall–Kier alpha value is -0.260. The zero-order valence-corrected chi connectivity index (χ0v) is 8.81. The van der Waals surface area contributed by atoms with E-state index in [4.69, 9.17) is 9.11 Å². The van der Waals surface area contributed by atoms with Crippen LogP contribution in [0.25, 0.3) is 0 Å². The smallest absolute Gasteiger partial charge is 0.273 e. The van der Waals surface area contributed by atoms with Crippen molar-refractivity contribution in [3.8, 4) is 0 Å². The molecule has 0 rings (SSSR count). The van der Waals surface area contributed by atoms with Crippen molar-refractivity contribution in [1.29, 1.82) is 0 Å². The van der Waals surface area contributed by atoms with Crippen LogP contribution in [0.5, 0.6) is 0 Å². The zero-order valence-electron chi connectivity index (χ0n) is 7.17. The molecule has 14 heavy (non-hydrogen) atoms. The van der Waals surface area contributed by atoms with E-state index < -0.39 is 20.6 Å². The molecule has 10 heteroatoms. The van der Waals surface area contributed by atoms with E-state index in [-0.39, 0.29) is 13.1 Å². The molecule has 0 saturated carbocycles. The van der Waals surface area contributed by atoms with E-state index in [9.17, 15) is 16.8 Å². The van der Waals surface area contributed by atoms with Crippen molar-refractivity contribution in [2.75, 3.05) is 13.1 Å². The van der Waals surface area contributed by atoms with Crippen molar-refractivity contribution in [2.45, 2.75) is 12.8 Å². The van der Waals surface area contributed by atoms with E-state index in [1.807, 2.05) is 9.44 Å². The number of hydrogen-bond acceptors (Lipinski definition) is 4. The van der Waals surface area contributed by atoms with Crippen molar-refractivity contribution in [2.24, 2.45) is 0 Å². The molecule has 0 radical (unpaired) electrons. The Balaban J connectivity index is 3.41. The molecule has 0 aromatic carbocycles. The van der Waals surface area contributed by atoms with Gasteiger partial charge in [-0.2, -0.15) is 26.3 Å². The van der Waals surface area contributed by atoms with Crippen molar-refractivity contribution in [3.63, 3.8) is 0 Å². The van der Waals surface area contributed by atoms with Crippen molar-refractivity contribution in [1.82, 2.24) is 9.44 Å². The van der Waals surface area contributed by atoms with Crippen LogP contribution in [-0.2, 0) is 20.6 Å². The van der Waals surface area contributed by atoms with Crippen LogP contribution < -0.4 is 9.44 Å². The van der Waals surface area contributed by atoms with Gasteiger partial charge in [0.2, 0.25) is 0 Å². The molecule has 0 heterocycles. The second kappa shape index (κ2) is 5.58. The molecule has 86 valence electrons. The molecular formula is C4H12N2O6S2. The minimum Gasteiger partial charge on any atom is -0.273 e. The van der Waals surface area contributed by atoms with Crippen LogP contribution in [0.2, 0.25) is 0 Å². The average molecular weight is 248 g/mol. The zero-order chi connectivity index (χ0) is 11.2. The normalized spacial score (nSPS) is 13.0. The molecule has 0 unspecified atom stereocenters. The molecule has 0 fully saturated rings. The SMILES string of the molecule is O=S(=O)(O)NCCCCNS(=O)(=O)O. The molecule has 0 bridgehead atoms. The van der Waals surface area contributed by atoms with Gasteiger partial charge < -0.3 is 0 Å². The topological polar surface area (TPSA) is 133 Å². The van der Waals surface area contributed by atoms with Crippen LogP contribution in [-0.4, -0.2) is 39.0 Å². The standard InChI is InChI=1S/C4H12N2O6S2/c7-13(8,9)5-3-1-2-4-6-14(10,11)12/h5-6H,1-4H2,(H,7,8,9)(H,10,11,12). The van der Waals surface area contributed by atoms with Gasteiger partial charge in [0.05, 0.1) is 0 Å². The van der Waals surface area contributed by atoms with Crippen LogP contribution >= 0.6 is 0 Å². The first-order valence-corrected chi connectivity index (χ1v) is 6.53. The second-order valence-corrected chi connectivity index (χ2v) is 4.92. The van der Waals surface area contributed by atoms with Crippen molar-refractivity contribution < 1.29 is 25.9 Å². The summed E-state index contributed by atoms with van der Waals surface area (Å²) in [6, 6.07) is 0. The van der Waals surface area contributed by atoms with Gasteiger partial charge in [0.1, 0.15) is 0 Å². The third-order valence-corrected chi connectivity index (χ3v) is 2.31. The Labute approximate surface area is 82.5 Å². The Kier molecular flexibility index (Phi) is 5.48. The first-order chi connectivity index (χ1) is 6.21. The summed E-state index contributed by atoms with van der Waals surface area (Å²) in [5.74, 6) is 0. The summed E-state index contributed by atoms with van der Waals surface area (Å²) < 4.78 is 60.5. The van der Waals surface area contributed by atoms with Crippen LogP contribution in [0.3, 0.4) is 0 Å². The van der Waals surface area contributed by atoms with Crippen molar-refractivity contribution >= 4 is 20.6 Å². The van der Waals surface area contributed by atoms with E-state index in [0.29, 0.717) is 12.8 Å². The first kappa shape index (κ1) is 13.7. The fourth-order valence-electron chi connectivity index (χ4n) is 0.652. The molecule has 0 aliphatic heterocycles. The van der Waals surface area contributed by atoms with E-state index in [0.717, 1.165) is 0 Å². The second-order valence-electron chi connectivity index (χ2n) is 2.45. The molecule has 0 aliphatic carbocycles. The van der Waals surface area contributed by atoms with Crippen LogP contribution in [0.4, 0.5) is 0 Å². The van der Waals surface area contributed by atoms with Gasteiger partial charge in [-0.1, -0.05) is 0 Å². The molecule has 0 atom stereocenters. The van der Waals surface area contributed by atoms with Crippen LogP contribution in [0.15, 0.2) is 0 Å². The van der Waals surface area contributed by atoms with E-state index in [1.165, 1.54) is 0 Å². The third kappa shape index (κ3) is 11.7. The monoisotopic (exact) mass is 248 g/mol. The lowest BCUT2D eigenvalue weighted by Gasteiger charge is -2.01. The lowest BCUT2D eigenvalue weighted by molar-refractivity contribution is 0.458. The van der Waals surface area contributed by atoms with Gasteiger partial charge in [0.25, 0.3) is 0 Å². The number of nitrogens with one attached hydrogen (secondary N) is 2. The largest absolute Gasteiger partial charge is 0.333 e. The maximum absolute atomic E-state index is 10.1. The highest BCUT2D eigenvalue weighted by atomic mass is 32.2. The summed E-state index contributed by atoms with van der Waals surface area (Å²) in [5.41, 5.74) is 0.